The number of ether oxygens (including phenoxy) is 1. The van der Waals surface area contributed by atoms with Crippen LogP contribution in [0.4, 0.5) is 0 Å². The van der Waals surface area contributed by atoms with Crippen molar-refractivity contribution >= 4 is 17.7 Å². The highest BCUT2D eigenvalue weighted by atomic mass is 32.2. The lowest BCUT2D eigenvalue weighted by Crippen LogP contribution is -2.33. The molecule has 0 aliphatic rings. The number of carbonyl (C=O) groups is 1. The lowest BCUT2D eigenvalue weighted by Gasteiger charge is -2.07. The summed E-state index contributed by atoms with van der Waals surface area (Å²) >= 11 is 1.79. The van der Waals surface area contributed by atoms with Gasteiger partial charge in [0.15, 0.2) is 0 Å². The number of hydrogen-bond donors (Lipinski definition) is 2. The van der Waals surface area contributed by atoms with E-state index in [-0.39, 0.29) is 5.91 Å². The Morgan fingerprint density at radius 2 is 1.75 bits per heavy atom. The van der Waals surface area contributed by atoms with Crippen molar-refractivity contribution in [2.75, 3.05) is 33.4 Å². The maximum Gasteiger partial charge on any atom is 0.251 e. The van der Waals surface area contributed by atoms with Gasteiger partial charge in [0.2, 0.25) is 0 Å². The normalized spacial score (nSPS) is 10.5. The van der Waals surface area contributed by atoms with Crippen molar-refractivity contribution in [3.63, 3.8) is 0 Å². The second-order valence-corrected chi connectivity index (χ2v) is 6.35. The van der Waals surface area contributed by atoms with Gasteiger partial charge < -0.3 is 15.4 Å². The first-order chi connectivity index (χ1) is 11.8. The molecule has 0 saturated heterocycles. The Bertz CT molecular complexity index is 603. The standard InChI is InChI=1S/C19H24N2O2S/c1-23-14-13-20-11-12-21-19(22)17-9-7-16(8-10-17)15-24-18-5-3-2-4-6-18/h2-10,20H,11-15H2,1H3,(H,21,22). The van der Waals surface area contributed by atoms with Crippen molar-refractivity contribution in [3.05, 3.63) is 65.7 Å². The zero-order valence-electron chi connectivity index (χ0n) is 14.0. The molecule has 128 valence electrons. The van der Waals surface area contributed by atoms with Crippen LogP contribution in [-0.4, -0.2) is 39.3 Å². The molecule has 0 aliphatic heterocycles. The van der Waals surface area contributed by atoms with E-state index in [2.05, 4.69) is 22.8 Å². The summed E-state index contributed by atoms with van der Waals surface area (Å²) in [5.74, 6) is 0.862. The second kappa shape index (κ2) is 10.9. The van der Waals surface area contributed by atoms with Gasteiger partial charge in [-0.2, -0.15) is 0 Å². The first kappa shape index (κ1) is 18.5. The summed E-state index contributed by atoms with van der Waals surface area (Å²) < 4.78 is 4.95. The summed E-state index contributed by atoms with van der Waals surface area (Å²) in [6.07, 6.45) is 0. The molecule has 2 aromatic carbocycles. The van der Waals surface area contributed by atoms with Gasteiger partial charge in [-0.15, -0.1) is 11.8 Å². The van der Waals surface area contributed by atoms with Crippen LogP contribution >= 0.6 is 11.8 Å². The highest BCUT2D eigenvalue weighted by Crippen LogP contribution is 2.22. The largest absolute Gasteiger partial charge is 0.383 e. The van der Waals surface area contributed by atoms with E-state index in [1.807, 2.05) is 42.5 Å². The molecule has 0 saturated carbocycles. The van der Waals surface area contributed by atoms with E-state index in [1.165, 1.54) is 10.5 Å². The average molecular weight is 344 g/mol. The molecule has 0 aromatic heterocycles. The molecule has 0 spiro atoms. The number of carbonyl (C=O) groups excluding carboxylic acids is 1. The average Bonchev–Trinajstić information content (AvgIpc) is 2.64. The molecule has 2 N–H and O–H groups in total. The number of nitrogens with one attached hydrogen (secondary N) is 2. The van der Waals surface area contributed by atoms with Crippen LogP contribution in [0.15, 0.2) is 59.5 Å². The van der Waals surface area contributed by atoms with E-state index in [9.17, 15) is 4.79 Å². The number of benzene rings is 2. The molecule has 0 fully saturated rings. The molecule has 4 nitrogen and oxygen atoms in total. The summed E-state index contributed by atoms with van der Waals surface area (Å²) in [7, 11) is 1.67. The Kier molecular flexibility index (Phi) is 8.38. The number of rotatable bonds is 10. The topological polar surface area (TPSA) is 50.4 Å². The van der Waals surface area contributed by atoms with Crippen LogP contribution in [0.3, 0.4) is 0 Å². The van der Waals surface area contributed by atoms with E-state index < -0.39 is 0 Å². The van der Waals surface area contributed by atoms with Gasteiger partial charge in [-0.1, -0.05) is 30.3 Å². The monoisotopic (exact) mass is 344 g/mol. The third-order valence-corrected chi connectivity index (χ3v) is 4.52. The first-order valence-corrected chi connectivity index (χ1v) is 9.03. The molecule has 0 unspecified atom stereocenters. The predicted molar refractivity (Wildman–Crippen MR) is 99.5 cm³/mol. The molecule has 0 aliphatic carbocycles. The Balaban J connectivity index is 1.71. The second-order valence-electron chi connectivity index (χ2n) is 5.30. The summed E-state index contributed by atoms with van der Waals surface area (Å²) in [5.41, 5.74) is 1.90. The van der Waals surface area contributed by atoms with Crippen LogP contribution in [0, 0.1) is 0 Å². The van der Waals surface area contributed by atoms with E-state index in [1.54, 1.807) is 18.9 Å². The van der Waals surface area contributed by atoms with Crippen LogP contribution in [0.1, 0.15) is 15.9 Å². The van der Waals surface area contributed by atoms with Crippen molar-refractivity contribution in [1.29, 1.82) is 0 Å². The molecule has 2 aromatic rings. The Morgan fingerprint density at radius 3 is 2.46 bits per heavy atom. The van der Waals surface area contributed by atoms with Crippen molar-refractivity contribution in [2.24, 2.45) is 0 Å². The third-order valence-electron chi connectivity index (χ3n) is 3.44. The molecule has 0 atom stereocenters. The van der Waals surface area contributed by atoms with Crippen molar-refractivity contribution in [1.82, 2.24) is 10.6 Å². The van der Waals surface area contributed by atoms with Gasteiger partial charge in [0, 0.05) is 43.0 Å². The molecule has 1 amide bonds. The minimum Gasteiger partial charge on any atom is -0.383 e. The fourth-order valence-electron chi connectivity index (χ4n) is 2.10. The van der Waals surface area contributed by atoms with Crippen molar-refractivity contribution < 1.29 is 9.53 Å². The zero-order chi connectivity index (χ0) is 17.0. The van der Waals surface area contributed by atoms with Gasteiger partial charge in [-0.05, 0) is 29.8 Å². The van der Waals surface area contributed by atoms with Crippen LogP contribution in [-0.2, 0) is 10.5 Å². The van der Waals surface area contributed by atoms with Gasteiger partial charge in [0.25, 0.3) is 5.91 Å². The Hall–Kier alpha value is -1.82. The third kappa shape index (κ3) is 6.74. The van der Waals surface area contributed by atoms with E-state index in [0.29, 0.717) is 18.7 Å². The van der Waals surface area contributed by atoms with Gasteiger partial charge in [-0.3, -0.25) is 4.79 Å². The molecular formula is C19H24N2O2S. The van der Waals surface area contributed by atoms with Crippen LogP contribution in [0.25, 0.3) is 0 Å². The summed E-state index contributed by atoms with van der Waals surface area (Å²) in [4.78, 5) is 13.3. The van der Waals surface area contributed by atoms with Crippen LogP contribution in [0.5, 0.6) is 0 Å². The van der Waals surface area contributed by atoms with Crippen molar-refractivity contribution in [3.8, 4) is 0 Å². The lowest BCUT2D eigenvalue weighted by molar-refractivity contribution is 0.0953. The number of hydrogen-bond acceptors (Lipinski definition) is 4. The molecule has 0 radical (unpaired) electrons. The van der Waals surface area contributed by atoms with Crippen molar-refractivity contribution in [2.45, 2.75) is 10.6 Å². The van der Waals surface area contributed by atoms with E-state index >= 15 is 0 Å². The minimum absolute atomic E-state index is 0.0363. The Labute approximate surface area is 148 Å². The summed E-state index contributed by atoms with van der Waals surface area (Å²) in [6.45, 7) is 2.81. The van der Waals surface area contributed by atoms with Crippen LogP contribution in [0.2, 0.25) is 0 Å². The van der Waals surface area contributed by atoms with Gasteiger partial charge in [-0.25, -0.2) is 0 Å². The molecule has 0 heterocycles. The van der Waals surface area contributed by atoms with Gasteiger partial charge in [0.05, 0.1) is 6.61 Å². The fourth-order valence-corrected chi connectivity index (χ4v) is 2.98. The molecule has 5 heteroatoms. The Morgan fingerprint density at radius 1 is 1.00 bits per heavy atom. The summed E-state index contributed by atoms with van der Waals surface area (Å²) in [5, 5.41) is 6.10. The quantitative estimate of drug-likeness (QED) is 0.514. The minimum atomic E-state index is -0.0363. The zero-order valence-corrected chi connectivity index (χ0v) is 14.8. The number of amides is 1. The summed E-state index contributed by atoms with van der Waals surface area (Å²) in [6, 6.07) is 18.1. The first-order valence-electron chi connectivity index (χ1n) is 8.04. The lowest BCUT2D eigenvalue weighted by atomic mass is 10.1. The van der Waals surface area contributed by atoms with Gasteiger partial charge >= 0.3 is 0 Å². The highest BCUT2D eigenvalue weighted by molar-refractivity contribution is 7.98. The SMILES string of the molecule is COCCNCCNC(=O)c1ccc(CSc2ccccc2)cc1. The molecule has 2 rings (SSSR count). The maximum absolute atomic E-state index is 12.1. The number of methoxy groups -OCH3 is 1. The molecule has 0 bridgehead atoms. The van der Waals surface area contributed by atoms with E-state index in [4.69, 9.17) is 4.74 Å². The fraction of sp³-hybridized carbons (Fsp3) is 0.316. The van der Waals surface area contributed by atoms with E-state index in [0.717, 1.165) is 18.8 Å². The predicted octanol–water partition coefficient (Wildman–Crippen LogP) is 2.94. The van der Waals surface area contributed by atoms with Gasteiger partial charge in [0.1, 0.15) is 0 Å². The highest BCUT2D eigenvalue weighted by Gasteiger charge is 2.04. The molecule has 24 heavy (non-hydrogen) atoms. The molecular weight excluding hydrogens is 320 g/mol. The van der Waals surface area contributed by atoms with Crippen LogP contribution < -0.4 is 10.6 Å². The number of thioether (sulfide) groups is 1. The maximum atomic E-state index is 12.1. The smallest absolute Gasteiger partial charge is 0.251 e.